The average Bonchev–Trinajstić information content (AvgIpc) is 3.59. The highest BCUT2D eigenvalue weighted by Gasteiger charge is 2.35. The zero-order valence-corrected chi connectivity index (χ0v) is 19.4. The number of piperidine rings is 1. The fraction of sp³-hybridized carbons (Fsp3) is 0.520. The molecule has 0 spiro atoms. The number of halogens is 1. The highest BCUT2D eigenvalue weighted by Crippen LogP contribution is 2.27. The molecule has 3 amide bonds. The van der Waals surface area contributed by atoms with Gasteiger partial charge < -0.3 is 15.1 Å². The number of hydrogen-bond acceptors (Lipinski definition) is 4. The van der Waals surface area contributed by atoms with E-state index in [1.165, 1.54) is 12.1 Å². The topological polar surface area (TPSA) is 87.5 Å². The zero-order valence-electron chi connectivity index (χ0n) is 19.4. The predicted molar refractivity (Wildman–Crippen MR) is 122 cm³/mol. The number of nitrogens with zero attached hydrogens (tertiary/aromatic N) is 4. The lowest BCUT2D eigenvalue weighted by molar-refractivity contribution is -0.131. The third-order valence-corrected chi connectivity index (χ3v) is 7.05. The molecule has 0 bridgehead atoms. The molecule has 180 valence electrons. The van der Waals surface area contributed by atoms with Gasteiger partial charge in [0, 0.05) is 56.9 Å². The van der Waals surface area contributed by atoms with Gasteiger partial charge in [-0.05, 0) is 43.4 Å². The minimum atomic E-state index is -0.364. The Hall–Kier alpha value is -3.23. The van der Waals surface area contributed by atoms with Crippen LogP contribution in [0, 0.1) is 11.7 Å². The fourth-order valence-electron chi connectivity index (χ4n) is 4.98. The first-order valence-corrected chi connectivity index (χ1v) is 12.1. The summed E-state index contributed by atoms with van der Waals surface area (Å²) in [7, 11) is 1.82. The normalized spacial score (nSPS) is 20.1. The molecule has 1 N–H and O–H groups in total. The highest BCUT2D eigenvalue weighted by atomic mass is 19.1. The van der Waals surface area contributed by atoms with Crippen molar-refractivity contribution in [3.05, 3.63) is 52.6 Å². The molecule has 2 aromatic rings. The fourth-order valence-corrected chi connectivity index (χ4v) is 4.98. The molecule has 2 fully saturated rings. The first-order chi connectivity index (χ1) is 16.4. The number of aromatic nitrogens is 2. The second-order valence-corrected chi connectivity index (χ2v) is 9.64. The summed E-state index contributed by atoms with van der Waals surface area (Å²) in [5.41, 5.74) is 2.72. The number of amides is 3. The summed E-state index contributed by atoms with van der Waals surface area (Å²) in [6.07, 6.45) is 4.35. The Kier molecular flexibility index (Phi) is 6.10. The molecule has 0 radical (unpaired) electrons. The van der Waals surface area contributed by atoms with E-state index in [0.717, 1.165) is 36.9 Å². The molecule has 1 saturated heterocycles. The minimum absolute atomic E-state index is 0.0390. The van der Waals surface area contributed by atoms with Gasteiger partial charge in [0.05, 0.1) is 12.3 Å². The Morgan fingerprint density at radius 1 is 1.15 bits per heavy atom. The maximum Gasteiger partial charge on any atom is 0.274 e. The van der Waals surface area contributed by atoms with Gasteiger partial charge in [-0.1, -0.05) is 12.1 Å². The van der Waals surface area contributed by atoms with Crippen LogP contribution in [0.15, 0.2) is 24.3 Å². The van der Waals surface area contributed by atoms with Crippen molar-refractivity contribution in [2.45, 2.75) is 51.1 Å². The third kappa shape index (κ3) is 4.69. The predicted octanol–water partition coefficient (Wildman–Crippen LogP) is 1.82. The van der Waals surface area contributed by atoms with Crippen molar-refractivity contribution in [3.8, 4) is 0 Å². The number of carbonyl (C=O) groups excluding carboxylic acids is 3. The van der Waals surface area contributed by atoms with E-state index in [2.05, 4.69) is 10.4 Å². The van der Waals surface area contributed by atoms with Gasteiger partial charge in [0.25, 0.3) is 5.91 Å². The average molecular weight is 468 g/mol. The van der Waals surface area contributed by atoms with Crippen molar-refractivity contribution in [1.82, 2.24) is 24.9 Å². The van der Waals surface area contributed by atoms with Gasteiger partial charge in [0.15, 0.2) is 5.69 Å². The number of hydrogen-bond donors (Lipinski definition) is 1. The largest absolute Gasteiger partial charge is 0.353 e. The van der Waals surface area contributed by atoms with Crippen molar-refractivity contribution < 1.29 is 18.8 Å². The van der Waals surface area contributed by atoms with E-state index in [4.69, 9.17) is 0 Å². The number of rotatable bonds is 5. The van der Waals surface area contributed by atoms with E-state index < -0.39 is 0 Å². The number of carbonyl (C=O) groups is 3. The molecule has 9 heteroatoms. The summed E-state index contributed by atoms with van der Waals surface area (Å²) in [6.45, 7) is 1.82. The Bertz CT molecular complexity index is 1130. The van der Waals surface area contributed by atoms with Crippen LogP contribution in [0.2, 0.25) is 0 Å². The van der Waals surface area contributed by atoms with Crippen LogP contribution in [0.5, 0.6) is 0 Å². The maximum absolute atomic E-state index is 13.5. The molecule has 2 aliphatic heterocycles. The standard InChI is InChI=1S/C25H30FN5O3/c1-29-21-9-11-30(22(32)13-16-4-2-6-18(26)12-16)15-20(21)23(28-29)25(34)31-10-3-5-17(14-31)24(33)27-19-7-8-19/h2,4,6,12,17,19H,3,5,7-11,13-15H2,1H3,(H,27,33)/t17-/m0/s1. The lowest BCUT2D eigenvalue weighted by atomic mass is 9.96. The molecule has 1 atom stereocenters. The lowest BCUT2D eigenvalue weighted by Crippen LogP contribution is -2.46. The van der Waals surface area contributed by atoms with Crippen LogP contribution in [0.3, 0.4) is 0 Å². The van der Waals surface area contributed by atoms with Crippen LogP contribution >= 0.6 is 0 Å². The second-order valence-electron chi connectivity index (χ2n) is 9.64. The van der Waals surface area contributed by atoms with E-state index in [1.54, 1.807) is 26.6 Å². The summed E-state index contributed by atoms with van der Waals surface area (Å²) in [6, 6.07) is 6.37. The molecule has 1 aromatic heterocycles. The molecule has 1 saturated carbocycles. The minimum Gasteiger partial charge on any atom is -0.353 e. The van der Waals surface area contributed by atoms with Gasteiger partial charge in [0.2, 0.25) is 11.8 Å². The van der Waals surface area contributed by atoms with Crippen LogP contribution in [0.4, 0.5) is 4.39 Å². The molecule has 1 aliphatic carbocycles. The molecule has 3 aliphatic rings. The molecular weight excluding hydrogens is 437 g/mol. The quantitative estimate of drug-likeness (QED) is 0.727. The molecule has 3 heterocycles. The summed E-state index contributed by atoms with van der Waals surface area (Å²) in [5.74, 6) is -0.801. The van der Waals surface area contributed by atoms with Crippen LogP contribution in [-0.2, 0) is 36.0 Å². The van der Waals surface area contributed by atoms with E-state index in [-0.39, 0.29) is 35.9 Å². The third-order valence-electron chi connectivity index (χ3n) is 7.05. The summed E-state index contributed by atoms with van der Waals surface area (Å²) in [4.78, 5) is 42.4. The molecule has 5 rings (SSSR count). The zero-order chi connectivity index (χ0) is 23.8. The van der Waals surface area contributed by atoms with Gasteiger partial charge in [0.1, 0.15) is 5.82 Å². The first kappa shape index (κ1) is 22.6. The number of benzene rings is 1. The molecule has 8 nitrogen and oxygen atoms in total. The molecule has 1 aromatic carbocycles. The summed E-state index contributed by atoms with van der Waals surface area (Å²) < 4.78 is 15.3. The number of aryl methyl sites for hydroxylation is 1. The van der Waals surface area contributed by atoms with Crippen LogP contribution in [0.1, 0.15) is 53.0 Å². The van der Waals surface area contributed by atoms with Crippen molar-refractivity contribution in [2.75, 3.05) is 19.6 Å². The smallest absolute Gasteiger partial charge is 0.274 e. The van der Waals surface area contributed by atoms with Gasteiger partial charge in [-0.2, -0.15) is 5.10 Å². The SMILES string of the molecule is Cn1nc(C(=O)N2CCC[C@H](C(=O)NC3CC3)C2)c2c1CCN(C(=O)Cc1cccc(F)c1)C2. The van der Waals surface area contributed by atoms with Crippen LogP contribution < -0.4 is 5.32 Å². The lowest BCUT2D eigenvalue weighted by Gasteiger charge is -2.32. The van der Waals surface area contributed by atoms with Crippen molar-refractivity contribution in [1.29, 1.82) is 0 Å². The Labute approximate surface area is 198 Å². The van der Waals surface area contributed by atoms with E-state index >= 15 is 0 Å². The van der Waals surface area contributed by atoms with Gasteiger partial charge >= 0.3 is 0 Å². The summed E-state index contributed by atoms with van der Waals surface area (Å²) in [5, 5.41) is 7.58. The Morgan fingerprint density at radius 2 is 1.97 bits per heavy atom. The van der Waals surface area contributed by atoms with E-state index in [9.17, 15) is 18.8 Å². The summed E-state index contributed by atoms with van der Waals surface area (Å²) >= 11 is 0. The van der Waals surface area contributed by atoms with Crippen molar-refractivity contribution in [3.63, 3.8) is 0 Å². The van der Waals surface area contributed by atoms with E-state index in [1.807, 2.05) is 7.05 Å². The van der Waals surface area contributed by atoms with Gasteiger partial charge in [-0.15, -0.1) is 0 Å². The molecule has 34 heavy (non-hydrogen) atoms. The second kappa shape index (κ2) is 9.19. The highest BCUT2D eigenvalue weighted by molar-refractivity contribution is 5.95. The number of fused-ring (bicyclic) bond motifs is 1. The molecular formula is C25H30FN5O3. The monoisotopic (exact) mass is 467 g/mol. The molecule has 0 unspecified atom stereocenters. The Morgan fingerprint density at radius 3 is 2.74 bits per heavy atom. The van der Waals surface area contributed by atoms with Crippen molar-refractivity contribution in [2.24, 2.45) is 13.0 Å². The van der Waals surface area contributed by atoms with Gasteiger partial charge in [-0.25, -0.2) is 4.39 Å². The van der Waals surface area contributed by atoms with Crippen molar-refractivity contribution >= 4 is 17.7 Å². The van der Waals surface area contributed by atoms with Crippen LogP contribution in [-0.4, -0.2) is 63.0 Å². The first-order valence-electron chi connectivity index (χ1n) is 12.1. The van der Waals surface area contributed by atoms with E-state index in [0.29, 0.717) is 49.9 Å². The number of likely N-dealkylation sites (tertiary alicyclic amines) is 1. The van der Waals surface area contributed by atoms with Gasteiger partial charge in [-0.3, -0.25) is 19.1 Å². The Balaban J connectivity index is 1.29. The van der Waals surface area contributed by atoms with Crippen LogP contribution in [0.25, 0.3) is 0 Å². The maximum atomic E-state index is 13.5. The number of nitrogens with one attached hydrogen (secondary N) is 1.